The number of aliphatic hydroxyl groups excluding tert-OH is 1. The number of carbonyl (C=O) groups is 1. The molecule has 0 radical (unpaired) electrons. The van der Waals surface area contributed by atoms with Gasteiger partial charge < -0.3 is 19.9 Å². The topological polar surface area (TPSA) is 67.8 Å². The number of hydrogen-bond acceptors (Lipinski definition) is 4. The van der Waals surface area contributed by atoms with Crippen molar-refractivity contribution in [3.63, 3.8) is 0 Å². The van der Waals surface area contributed by atoms with Crippen molar-refractivity contribution in [1.29, 1.82) is 0 Å². The maximum atomic E-state index is 12.1. The van der Waals surface area contributed by atoms with Crippen LogP contribution in [0.2, 0.25) is 0 Å². The summed E-state index contributed by atoms with van der Waals surface area (Å²) >= 11 is 0. The highest BCUT2D eigenvalue weighted by atomic mass is 16.5. The predicted octanol–water partition coefficient (Wildman–Crippen LogP) is 2.45. The van der Waals surface area contributed by atoms with Crippen molar-refractivity contribution >= 4 is 6.09 Å². The maximum absolute atomic E-state index is 12.1. The van der Waals surface area contributed by atoms with Crippen molar-refractivity contribution in [1.82, 2.24) is 5.32 Å². The Bertz CT molecular complexity index is 603. The predicted molar refractivity (Wildman–Crippen MR) is 86.8 cm³/mol. The SMILES string of the molecule is COCC(CO)(NC(=O)OCc1ccccc1)c1ccccc1. The van der Waals surface area contributed by atoms with E-state index in [9.17, 15) is 9.90 Å². The van der Waals surface area contributed by atoms with Gasteiger partial charge in [0, 0.05) is 7.11 Å². The van der Waals surface area contributed by atoms with Crippen LogP contribution in [0.25, 0.3) is 0 Å². The highest BCUT2D eigenvalue weighted by Crippen LogP contribution is 2.21. The van der Waals surface area contributed by atoms with Crippen molar-refractivity contribution in [2.75, 3.05) is 20.3 Å². The number of amides is 1. The van der Waals surface area contributed by atoms with Crippen LogP contribution in [0.5, 0.6) is 0 Å². The Labute approximate surface area is 135 Å². The number of carbonyl (C=O) groups excluding carboxylic acids is 1. The molecule has 0 saturated heterocycles. The molecule has 2 rings (SSSR count). The molecule has 0 aliphatic heterocycles. The zero-order valence-electron chi connectivity index (χ0n) is 13.1. The van der Waals surface area contributed by atoms with Crippen LogP contribution in [0.15, 0.2) is 60.7 Å². The Morgan fingerprint density at radius 3 is 2.26 bits per heavy atom. The fraction of sp³-hybridized carbons (Fsp3) is 0.278. The Balaban J connectivity index is 2.07. The van der Waals surface area contributed by atoms with Crippen molar-refractivity contribution < 1.29 is 19.4 Å². The van der Waals surface area contributed by atoms with Crippen LogP contribution in [0, 0.1) is 0 Å². The quantitative estimate of drug-likeness (QED) is 0.823. The van der Waals surface area contributed by atoms with Gasteiger partial charge in [-0.25, -0.2) is 4.79 Å². The summed E-state index contributed by atoms with van der Waals surface area (Å²) in [5.74, 6) is 0. The molecular weight excluding hydrogens is 294 g/mol. The van der Waals surface area contributed by atoms with E-state index < -0.39 is 11.6 Å². The Morgan fingerprint density at radius 2 is 1.70 bits per heavy atom. The van der Waals surface area contributed by atoms with E-state index in [4.69, 9.17) is 9.47 Å². The van der Waals surface area contributed by atoms with E-state index in [1.54, 1.807) is 0 Å². The Kier molecular flexibility index (Phi) is 6.14. The third-order valence-electron chi connectivity index (χ3n) is 3.54. The molecular formula is C18H21NO4. The first-order valence-electron chi connectivity index (χ1n) is 7.34. The van der Waals surface area contributed by atoms with Gasteiger partial charge in [0.15, 0.2) is 0 Å². The number of methoxy groups -OCH3 is 1. The highest BCUT2D eigenvalue weighted by Gasteiger charge is 2.34. The monoisotopic (exact) mass is 315 g/mol. The fourth-order valence-electron chi connectivity index (χ4n) is 2.33. The number of rotatable bonds is 7. The van der Waals surface area contributed by atoms with Crippen LogP contribution in [0.3, 0.4) is 0 Å². The number of aliphatic hydroxyl groups is 1. The second-order valence-corrected chi connectivity index (χ2v) is 5.23. The number of benzene rings is 2. The minimum Gasteiger partial charge on any atom is -0.445 e. The van der Waals surface area contributed by atoms with Crippen LogP contribution >= 0.6 is 0 Å². The summed E-state index contributed by atoms with van der Waals surface area (Å²) in [6.45, 7) is -0.00477. The molecule has 0 fully saturated rings. The molecule has 0 aliphatic carbocycles. The van der Waals surface area contributed by atoms with Gasteiger partial charge in [-0.15, -0.1) is 0 Å². The van der Waals surface area contributed by atoms with E-state index in [0.717, 1.165) is 11.1 Å². The summed E-state index contributed by atoms with van der Waals surface area (Å²) in [4.78, 5) is 12.1. The average molecular weight is 315 g/mol. The van der Waals surface area contributed by atoms with Gasteiger partial charge in [-0.2, -0.15) is 0 Å². The minimum atomic E-state index is -1.04. The molecule has 2 aromatic carbocycles. The lowest BCUT2D eigenvalue weighted by atomic mass is 9.91. The van der Waals surface area contributed by atoms with Crippen molar-refractivity contribution in [3.05, 3.63) is 71.8 Å². The molecule has 2 aromatic rings. The molecule has 5 heteroatoms. The van der Waals surface area contributed by atoms with Crippen molar-refractivity contribution in [2.24, 2.45) is 0 Å². The zero-order chi connectivity index (χ0) is 16.5. The maximum Gasteiger partial charge on any atom is 0.408 e. The van der Waals surface area contributed by atoms with E-state index >= 15 is 0 Å². The van der Waals surface area contributed by atoms with E-state index in [-0.39, 0.29) is 19.8 Å². The molecule has 0 heterocycles. The van der Waals surface area contributed by atoms with Gasteiger partial charge in [-0.1, -0.05) is 60.7 Å². The smallest absolute Gasteiger partial charge is 0.408 e. The van der Waals surface area contributed by atoms with E-state index in [1.165, 1.54) is 7.11 Å². The summed E-state index contributed by atoms with van der Waals surface area (Å²) in [5.41, 5.74) is 0.605. The first-order chi connectivity index (χ1) is 11.2. The molecule has 122 valence electrons. The van der Waals surface area contributed by atoms with Gasteiger partial charge in [-0.05, 0) is 11.1 Å². The summed E-state index contributed by atoms with van der Waals surface area (Å²) in [6.07, 6.45) is -0.608. The summed E-state index contributed by atoms with van der Waals surface area (Å²) < 4.78 is 10.4. The van der Waals surface area contributed by atoms with E-state index in [1.807, 2.05) is 60.7 Å². The van der Waals surface area contributed by atoms with Crippen LogP contribution in [-0.4, -0.2) is 31.5 Å². The zero-order valence-corrected chi connectivity index (χ0v) is 13.1. The first kappa shape index (κ1) is 17.0. The molecule has 0 aliphatic rings. The van der Waals surface area contributed by atoms with E-state index in [0.29, 0.717) is 0 Å². The normalized spacial score (nSPS) is 13.1. The molecule has 5 nitrogen and oxygen atoms in total. The van der Waals surface area contributed by atoms with Gasteiger partial charge in [0.25, 0.3) is 0 Å². The molecule has 0 bridgehead atoms. The molecule has 23 heavy (non-hydrogen) atoms. The number of hydrogen-bond donors (Lipinski definition) is 2. The second-order valence-electron chi connectivity index (χ2n) is 5.23. The fourth-order valence-corrected chi connectivity index (χ4v) is 2.33. The third kappa shape index (κ3) is 4.55. The van der Waals surface area contributed by atoms with Crippen LogP contribution in [0.1, 0.15) is 11.1 Å². The summed E-state index contributed by atoms with van der Waals surface area (Å²) in [5, 5.41) is 12.6. The minimum absolute atomic E-state index is 0.133. The summed E-state index contributed by atoms with van der Waals surface area (Å²) in [6, 6.07) is 18.6. The van der Waals surface area contributed by atoms with Gasteiger partial charge in [0.2, 0.25) is 0 Å². The lowest BCUT2D eigenvalue weighted by Crippen LogP contribution is -2.52. The van der Waals surface area contributed by atoms with Gasteiger partial charge in [0.1, 0.15) is 12.1 Å². The van der Waals surface area contributed by atoms with Gasteiger partial charge >= 0.3 is 6.09 Å². The lowest BCUT2D eigenvalue weighted by molar-refractivity contribution is 0.0509. The summed E-state index contributed by atoms with van der Waals surface area (Å²) in [7, 11) is 1.52. The number of alkyl carbamates (subject to hydrolysis) is 1. The molecule has 2 N–H and O–H groups in total. The number of ether oxygens (including phenoxy) is 2. The van der Waals surface area contributed by atoms with Gasteiger partial charge in [0.05, 0.1) is 13.2 Å². The molecule has 1 amide bonds. The molecule has 1 unspecified atom stereocenters. The lowest BCUT2D eigenvalue weighted by Gasteiger charge is -2.32. The van der Waals surface area contributed by atoms with Crippen molar-refractivity contribution in [3.8, 4) is 0 Å². The number of nitrogens with one attached hydrogen (secondary N) is 1. The molecule has 0 aromatic heterocycles. The van der Waals surface area contributed by atoms with Crippen LogP contribution < -0.4 is 5.32 Å². The van der Waals surface area contributed by atoms with E-state index in [2.05, 4.69) is 5.32 Å². The Hall–Kier alpha value is -2.37. The molecule has 0 spiro atoms. The molecule has 1 atom stereocenters. The third-order valence-corrected chi connectivity index (χ3v) is 3.54. The first-order valence-corrected chi connectivity index (χ1v) is 7.34. The molecule has 0 saturated carbocycles. The van der Waals surface area contributed by atoms with Crippen molar-refractivity contribution in [2.45, 2.75) is 12.1 Å². The standard InChI is InChI=1S/C18H21NO4/c1-22-14-18(13-20,16-10-6-3-7-11-16)19-17(21)23-12-15-8-4-2-5-9-15/h2-11,20H,12-14H2,1H3,(H,19,21). The van der Waals surface area contributed by atoms with Gasteiger partial charge in [-0.3, -0.25) is 0 Å². The Morgan fingerprint density at radius 1 is 1.09 bits per heavy atom. The largest absolute Gasteiger partial charge is 0.445 e. The second kappa shape index (κ2) is 8.31. The highest BCUT2D eigenvalue weighted by molar-refractivity contribution is 5.69. The average Bonchev–Trinajstić information content (AvgIpc) is 2.61. The van der Waals surface area contributed by atoms with Crippen LogP contribution in [0.4, 0.5) is 4.79 Å². The van der Waals surface area contributed by atoms with Crippen LogP contribution in [-0.2, 0) is 21.6 Å².